The van der Waals surface area contributed by atoms with Crippen molar-refractivity contribution >= 4 is 6.08 Å². The van der Waals surface area contributed by atoms with Crippen molar-refractivity contribution < 1.29 is 4.74 Å². The second kappa shape index (κ2) is 4.35. The summed E-state index contributed by atoms with van der Waals surface area (Å²) in [6.45, 7) is 4.85. The Kier molecular flexibility index (Phi) is 2.91. The van der Waals surface area contributed by atoms with Crippen LogP contribution in [0.15, 0.2) is 30.4 Å². The first-order valence-corrected chi connectivity index (χ1v) is 5.35. The van der Waals surface area contributed by atoms with E-state index in [1.807, 2.05) is 6.92 Å². The first-order chi connectivity index (χ1) is 7.31. The summed E-state index contributed by atoms with van der Waals surface area (Å²) in [6, 6.07) is 4.41. The lowest BCUT2D eigenvalue weighted by Crippen LogP contribution is -2.03. The molecular weight excluding hydrogens is 184 g/mol. The van der Waals surface area contributed by atoms with E-state index in [9.17, 15) is 0 Å². The highest BCUT2D eigenvalue weighted by molar-refractivity contribution is 5.63. The van der Waals surface area contributed by atoms with Gasteiger partial charge >= 0.3 is 0 Å². The van der Waals surface area contributed by atoms with Crippen LogP contribution in [0.1, 0.15) is 23.6 Å². The molecular formula is C14H16O. The summed E-state index contributed by atoms with van der Waals surface area (Å²) in [5, 5.41) is 0. The van der Waals surface area contributed by atoms with Crippen LogP contribution in [0, 0.1) is 6.92 Å². The van der Waals surface area contributed by atoms with Gasteiger partial charge < -0.3 is 4.74 Å². The standard InChI is InChI=1S/C14H16O/c1-3-4-6-12-9-11(2)14-13(10-12)7-5-8-15-14/h3-5,7,9-10H,6,8H2,1-2H3/b4-3+. The Balaban J connectivity index is 2.37. The normalized spacial score (nSPS) is 14.0. The molecule has 1 aromatic rings. The maximum absolute atomic E-state index is 5.61. The molecule has 0 aliphatic carbocycles. The van der Waals surface area contributed by atoms with E-state index in [0.717, 1.165) is 12.2 Å². The van der Waals surface area contributed by atoms with Crippen molar-refractivity contribution in [2.75, 3.05) is 6.61 Å². The lowest BCUT2D eigenvalue weighted by Gasteiger charge is -2.16. The molecule has 0 atom stereocenters. The SMILES string of the molecule is C/C=C/Cc1cc(C)c2c(c1)C=CCO2. The van der Waals surface area contributed by atoms with Gasteiger partial charge in [-0.1, -0.05) is 24.3 Å². The van der Waals surface area contributed by atoms with Crippen molar-refractivity contribution in [2.45, 2.75) is 20.3 Å². The molecule has 1 heterocycles. The van der Waals surface area contributed by atoms with Crippen molar-refractivity contribution in [2.24, 2.45) is 0 Å². The molecule has 2 rings (SSSR count). The van der Waals surface area contributed by atoms with E-state index < -0.39 is 0 Å². The van der Waals surface area contributed by atoms with Crippen LogP contribution < -0.4 is 4.74 Å². The zero-order valence-corrected chi connectivity index (χ0v) is 9.29. The Hall–Kier alpha value is -1.50. The van der Waals surface area contributed by atoms with Gasteiger partial charge in [0, 0.05) is 5.56 Å². The van der Waals surface area contributed by atoms with Crippen molar-refractivity contribution in [1.29, 1.82) is 0 Å². The fraction of sp³-hybridized carbons (Fsp3) is 0.286. The Morgan fingerprint density at radius 3 is 3.07 bits per heavy atom. The second-order valence-corrected chi connectivity index (χ2v) is 3.82. The number of fused-ring (bicyclic) bond motifs is 1. The van der Waals surface area contributed by atoms with Gasteiger partial charge in [0.2, 0.25) is 0 Å². The van der Waals surface area contributed by atoms with Gasteiger partial charge in [-0.2, -0.15) is 0 Å². The van der Waals surface area contributed by atoms with Crippen LogP contribution in [0.4, 0.5) is 0 Å². The van der Waals surface area contributed by atoms with Crippen LogP contribution in [-0.4, -0.2) is 6.61 Å². The third-order valence-electron chi connectivity index (χ3n) is 2.57. The number of benzene rings is 1. The molecule has 0 radical (unpaired) electrons. The van der Waals surface area contributed by atoms with Gasteiger partial charge in [-0.15, -0.1) is 0 Å². The average molecular weight is 200 g/mol. The van der Waals surface area contributed by atoms with Gasteiger partial charge in [0.05, 0.1) is 0 Å². The minimum Gasteiger partial charge on any atom is -0.489 e. The molecule has 0 bridgehead atoms. The molecule has 0 N–H and O–H groups in total. The molecule has 15 heavy (non-hydrogen) atoms. The Bertz CT molecular complexity index is 414. The first kappa shape index (κ1) is 10.0. The number of hydrogen-bond acceptors (Lipinski definition) is 1. The van der Waals surface area contributed by atoms with Crippen LogP contribution in [-0.2, 0) is 6.42 Å². The molecule has 1 nitrogen and oxygen atoms in total. The first-order valence-electron chi connectivity index (χ1n) is 5.35. The predicted octanol–water partition coefficient (Wildman–Crippen LogP) is 3.52. The summed E-state index contributed by atoms with van der Waals surface area (Å²) in [6.07, 6.45) is 9.46. The molecule has 0 spiro atoms. The third kappa shape index (κ3) is 2.12. The predicted molar refractivity (Wildman–Crippen MR) is 64.2 cm³/mol. The zero-order valence-electron chi connectivity index (χ0n) is 9.29. The minimum atomic E-state index is 0.696. The number of aryl methyl sites for hydroxylation is 1. The molecule has 1 aliphatic heterocycles. The molecule has 0 fully saturated rings. The summed E-state index contributed by atoms with van der Waals surface area (Å²) in [4.78, 5) is 0. The van der Waals surface area contributed by atoms with E-state index >= 15 is 0 Å². The van der Waals surface area contributed by atoms with E-state index in [0.29, 0.717) is 6.61 Å². The summed E-state index contributed by atoms with van der Waals surface area (Å²) in [7, 11) is 0. The largest absolute Gasteiger partial charge is 0.489 e. The van der Waals surface area contributed by atoms with Gasteiger partial charge in [0.1, 0.15) is 12.4 Å². The van der Waals surface area contributed by atoms with Gasteiger partial charge in [0.15, 0.2) is 0 Å². The van der Waals surface area contributed by atoms with Crippen molar-refractivity contribution in [3.8, 4) is 5.75 Å². The molecule has 1 heteroatoms. The molecule has 0 saturated carbocycles. The quantitative estimate of drug-likeness (QED) is 0.664. The number of rotatable bonds is 2. The fourth-order valence-electron chi connectivity index (χ4n) is 1.88. The number of allylic oxidation sites excluding steroid dienone is 2. The second-order valence-electron chi connectivity index (χ2n) is 3.82. The minimum absolute atomic E-state index is 0.696. The smallest absolute Gasteiger partial charge is 0.129 e. The molecule has 78 valence electrons. The highest BCUT2D eigenvalue weighted by Gasteiger charge is 2.09. The van der Waals surface area contributed by atoms with E-state index in [1.165, 1.54) is 16.7 Å². The summed E-state index contributed by atoms with van der Waals surface area (Å²) >= 11 is 0. The average Bonchev–Trinajstić information content (AvgIpc) is 2.26. The fourth-order valence-corrected chi connectivity index (χ4v) is 1.88. The Morgan fingerprint density at radius 1 is 1.40 bits per heavy atom. The van der Waals surface area contributed by atoms with Crippen LogP contribution in [0.2, 0.25) is 0 Å². The Labute approximate surface area is 91.1 Å². The van der Waals surface area contributed by atoms with Crippen LogP contribution in [0.3, 0.4) is 0 Å². The monoisotopic (exact) mass is 200 g/mol. The van der Waals surface area contributed by atoms with E-state index in [2.05, 4.69) is 43.4 Å². The maximum Gasteiger partial charge on any atom is 0.129 e. The molecule has 1 aliphatic rings. The van der Waals surface area contributed by atoms with E-state index in [4.69, 9.17) is 4.74 Å². The van der Waals surface area contributed by atoms with Gasteiger partial charge in [0.25, 0.3) is 0 Å². The molecule has 1 aromatic carbocycles. The molecule has 0 unspecified atom stereocenters. The maximum atomic E-state index is 5.61. The molecule has 0 aromatic heterocycles. The summed E-state index contributed by atoms with van der Waals surface area (Å²) in [5.41, 5.74) is 3.79. The number of ether oxygens (including phenoxy) is 1. The highest BCUT2D eigenvalue weighted by Crippen LogP contribution is 2.29. The molecule has 0 amide bonds. The summed E-state index contributed by atoms with van der Waals surface area (Å²) < 4.78 is 5.61. The van der Waals surface area contributed by atoms with Gasteiger partial charge in [-0.25, -0.2) is 0 Å². The lowest BCUT2D eigenvalue weighted by atomic mass is 10.0. The topological polar surface area (TPSA) is 9.23 Å². The van der Waals surface area contributed by atoms with Crippen LogP contribution in [0.5, 0.6) is 5.75 Å². The molecule has 0 saturated heterocycles. The zero-order chi connectivity index (χ0) is 10.7. The van der Waals surface area contributed by atoms with Gasteiger partial charge in [-0.3, -0.25) is 0 Å². The highest BCUT2D eigenvalue weighted by atomic mass is 16.5. The van der Waals surface area contributed by atoms with Crippen LogP contribution in [0.25, 0.3) is 6.08 Å². The van der Waals surface area contributed by atoms with Crippen molar-refractivity contribution in [3.05, 3.63) is 47.1 Å². The van der Waals surface area contributed by atoms with Crippen molar-refractivity contribution in [1.82, 2.24) is 0 Å². The van der Waals surface area contributed by atoms with E-state index in [1.54, 1.807) is 0 Å². The van der Waals surface area contributed by atoms with E-state index in [-0.39, 0.29) is 0 Å². The Morgan fingerprint density at radius 2 is 2.27 bits per heavy atom. The third-order valence-corrected chi connectivity index (χ3v) is 2.57. The van der Waals surface area contributed by atoms with Crippen molar-refractivity contribution in [3.63, 3.8) is 0 Å². The lowest BCUT2D eigenvalue weighted by molar-refractivity contribution is 0.356. The van der Waals surface area contributed by atoms with Crippen LogP contribution >= 0.6 is 0 Å². The number of hydrogen-bond donors (Lipinski definition) is 0. The summed E-state index contributed by atoms with van der Waals surface area (Å²) in [5.74, 6) is 1.04. The van der Waals surface area contributed by atoms with Gasteiger partial charge in [-0.05, 0) is 43.5 Å².